The van der Waals surface area contributed by atoms with E-state index in [2.05, 4.69) is 10.2 Å². The van der Waals surface area contributed by atoms with Gasteiger partial charge in [0.05, 0.1) is 27.0 Å². The lowest BCUT2D eigenvalue weighted by atomic mass is 9.96. The molecular formula is C20H26N2O4. The number of ether oxygens (including phenoxy) is 2. The summed E-state index contributed by atoms with van der Waals surface area (Å²) in [5.41, 5.74) is 0.552. The molecule has 2 heterocycles. The van der Waals surface area contributed by atoms with Gasteiger partial charge in [-0.05, 0) is 56.1 Å². The van der Waals surface area contributed by atoms with Crippen molar-refractivity contribution in [3.05, 3.63) is 47.9 Å². The van der Waals surface area contributed by atoms with Crippen LogP contribution in [0.2, 0.25) is 0 Å². The maximum atomic E-state index is 12.5. The minimum absolute atomic E-state index is 0.0970. The number of methoxy groups -OCH3 is 2. The van der Waals surface area contributed by atoms with E-state index in [0.29, 0.717) is 29.5 Å². The van der Waals surface area contributed by atoms with Crippen LogP contribution in [0.3, 0.4) is 0 Å². The summed E-state index contributed by atoms with van der Waals surface area (Å²) in [7, 11) is 3.15. The highest BCUT2D eigenvalue weighted by Gasteiger charge is 2.21. The van der Waals surface area contributed by atoms with E-state index in [0.717, 1.165) is 38.2 Å². The molecule has 1 amide bonds. The van der Waals surface area contributed by atoms with E-state index >= 15 is 0 Å². The highest BCUT2D eigenvalue weighted by molar-refractivity contribution is 5.95. The van der Waals surface area contributed by atoms with Crippen molar-refractivity contribution in [3.63, 3.8) is 0 Å². The molecule has 0 aliphatic carbocycles. The Hall–Kier alpha value is -2.47. The number of hydrogen-bond donors (Lipinski definition) is 1. The highest BCUT2D eigenvalue weighted by atomic mass is 16.5. The minimum atomic E-state index is -0.0970. The second-order valence-corrected chi connectivity index (χ2v) is 6.61. The first-order valence-electron chi connectivity index (χ1n) is 8.94. The molecular weight excluding hydrogens is 332 g/mol. The molecule has 0 radical (unpaired) electrons. The lowest BCUT2D eigenvalue weighted by Gasteiger charge is -2.31. The molecule has 6 nitrogen and oxygen atoms in total. The summed E-state index contributed by atoms with van der Waals surface area (Å²) < 4.78 is 15.9. The Kier molecular flexibility index (Phi) is 6.17. The summed E-state index contributed by atoms with van der Waals surface area (Å²) in [4.78, 5) is 14.8. The number of amides is 1. The van der Waals surface area contributed by atoms with Gasteiger partial charge in [-0.3, -0.25) is 9.69 Å². The van der Waals surface area contributed by atoms with Crippen LogP contribution in [0, 0.1) is 5.92 Å². The largest absolute Gasteiger partial charge is 0.497 e. The maximum absolute atomic E-state index is 12.5. The molecule has 1 aromatic heterocycles. The van der Waals surface area contributed by atoms with Crippen LogP contribution in [0.25, 0.3) is 0 Å². The molecule has 3 rings (SSSR count). The topological polar surface area (TPSA) is 63.9 Å². The number of nitrogens with one attached hydrogen (secondary N) is 1. The number of piperidine rings is 1. The van der Waals surface area contributed by atoms with Gasteiger partial charge in [-0.1, -0.05) is 0 Å². The maximum Gasteiger partial charge on any atom is 0.251 e. The van der Waals surface area contributed by atoms with Crippen molar-refractivity contribution >= 4 is 5.91 Å². The SMILES string of the molecule is COc1cc(OC)cc(C(=O)NCC2CCN(Cc3ccco3)CC2)c1. The van der Waals surface area contributed by atoms with Crippen molar-refractivity contribution in [2.24, 2.45) is 5.92 Å². The average Bonchev–Trinajstić information content (AvgIpc) is 3.19. The summed E-state index contributed by atoms with van der Waals surface area (Å²) in [6.07, 6.45) is 3.86. The molecule has 1 fully saturated rings. The van der Waals surface area contributed by atoms with Crippen LogP contribution in [0.5, 0.6) is 11.5 Å². The predicted octanol–water partition coefficient (Wildman–Crippen LogP) is 2.94. The summed E-state index contributed by atoms with van der Waals surface area (Å²) in [6.45, 7) is 3.59. The quantitative estimate of drug-likeness (QED) is 0.824. The van der Waals surface area contributed by atoms with Crippen LogP contribution in [-0.4, -0.2) is 44.7 Å². The van der Waals surface area contributed by atoms with Crippen LogP contribution >= 0.6 is 0 Å². The van der Waals surface area contributed by atoms with Crippen LogP contribution in [0.1, 0.15) is 29.0 Å². The third-order valence-electron chi connectivity index (χ3n) is 4.83. The molecule has 6 heteroatoms. The minimum Gasteiger partial charge on any atom is -0.497 e. The Morgan fingerprint density at radius 1 is 1.19 bits per heavy atom. The Balaban J connectivity index is 1.47. The van der Waals surface area contributed by atoms with Crippen molar-refractivity contribution in [1.82, 2.24) is 10.2 Å². The van der Waals surface area contributed by atoms with E-state index in [1.54, 1.807) is 38.7 Å². The molecule has 0 atom stereocenters. The molecule has 1 N–H and O–H groups in total. The van der Waals surface area contributed by atoms with Gasteiger partial charge in [0.15, 0.2) is 0 Å². The highest BCUT2D eigenvalue weighted by Crippen LogP contribution is 2.23. The molecule has 0 saturated carbocycles. The molecule has 1 aliphatic heterocycles. The van der Waals surface area contributed by atoms with E-state index < -0.39 is 0 Å². The van der Waals surface area contributed by atoms with Crippen molar-refractivity contribution in [2.75, 3.05) is 33.9 Å². The van der Waals surface area contributed by atoms with Crippen molar-refractivity contribution in [3.8, 4) is 11.5 Å². The van der Waals surface area contributed by atoms with Gasteiger partial charge in [0.25, 0.3) is 5.91 Å². The zero-order chi connectivity index (χ0) is 18.4. The van der Waals surface area contributed by atoms with Gasteiger partial charge in [-0.25, -0.2) is 0 Å². The fourth-order valence-electron chi connectivity index (χ4n) is 3.25. The third kappa shape index (κ3) is 4.79. The predicted molar refractivity (Wildman–Crippen MR) is 98.6 cm³/mol. The fraction of sp³-hybridized carbons (Fsp3) is 0.450. The fourth-order valence-corrected chi connectivity index (χ4v) is 3.25. The molecule has 0 bridgehead atoms. The van der Waals surface area contributed by atoms with Gasteiger partial charge in [-0.2, -0.15) is 0 Å². The number of carbonyl (C=O) groups is 1. The van der Waals surface area contributed by atoms with E-state index in [4.69, 9.17) is 13.9 Å². The lowest BCUT2D eigenvalue weighted by molar-refractivity contribution is 0.0933. The monoisotopic (exact) mass is 358 g/mol. The Morgan fingerprint density at radius 2 is 1.88 bits per heavy atom. The first kappa shape index (κ1) is 18.3. The van der Waals surface area contributed by atoms with E-state index in [1.165, 1.54) is 0 Å². The molecule has 140 valence electrons. The smallest absolute Gasteiger partial charge is 0.251 e. The zero-order valence-corrected chi connectivity index (χ0v) is 15.4. The van der Waals surface area contributed by atoms with Crippen molar-refractivity contribution < 1.29 is 18.7 Å². The normalized spacial score (nSPS) is 15.6. The number of hydrogen-bond acceptors (Lipinski definition) is 5. The van der Waals surface area contributed by atoms with Gasteiger partial charge in [0.2, 0.25) is 0 Å². The summed E-state index contributed by atoms with van der Waals surface area (Å²) >= 11 is 0. The summed E-state index contributed by atoms with van der Waals surface area (Å²) in [5, 5.41) is 3.04. The Labute approximate surface area is 154 Å². The molecule has 1 aliphatic rings. The van der Waals surface area contributed by atoms with E-state index in [1.807, 2.05) is 12.1 Å². The van der Waals surface area contributed by atoms with Crippen LogP contribution in [-0.2, 0) is 6.54 Å². The molecule has 26 heavy (non-hydrogen) atoms. The first-order valence-corrected chi connectivity index (χ1v) is 8.94. The van der Waals surface area contributed by atoms with Crippen molar-refractivity contribution in [1.29, 1.82) is 0 Å². The van der Waals surface area contributed by atoms with E-state index in [-0.39, 0.29) is 5.91 Å². The number of benzene rings is 1. The van der Waals surface area contributed by atoms with Gasteiger partial charge in [0, 0.05) is 18.2 Å². The van der Waals surface area contributed by atoms with Gasteiger partial charge >= 0.3 is 0 Å². The molecule has 1 saturated heterocycles. The first-order chi connectivity index (χ1) is 12.7. The van der Waals surface area contributed by atoms with Crippen LogP contribution in [0.4, 0.5) is 0 Å². The summed E-state index contributed by atoms with van der Waals surface area (Å²) in [5.74, 6) is 2.63. The molecule has 1 aromatic carbocycles. The van der Waals surface area contributed by atoms with Crippen molar-refractivity contribution in [2.45, 2.75) is 19.4 Å². The second-order valence-electron chi connectivity index (χ2n) is 6.61. The Bertz CT molecular complexity index is 684. The molecule has 0 spiro atoms. The second kappa shape index (κ2) is 8.76. The van der Waals surface area contributed by atoms with Gasteiger partial charge in [-0.15, -0.1) is 0 Å². The molecule has 2 aromatic rings. The number of furan rings is 1. The van der Waals surface area contributed by atoms with Gasteiger partial charge in [0.1, 0.15) is 17.3 Å². The lowest BCUT2D eigenvalue weighted by Crippen LogP contribution is -2.38. The van der Waals surface area contributed by atoms with Crippen LogP contribution < -0.4 is 14.8 Å². The Morgan fingerprint density at radius 3 is 2.46 bits per heavy atom. The third-order valence-corrected chi connectivity index (χ3v) is 4.83. The molecule has 0 unspecified atom stereocenters. The van der Waals surface area contributed by atoms with E-state index in [9.17, 15) is 4.79 Å². The summed E-state index contributed by atoms with van der Waals surface area (Å²) in [6, 6.07) is 9.14. The number of rotatable bonds is 7. The van der Waals surface area contributed by atoms with Crippen LogP contribution in [0.15, 0.2) is 41.0 Å². The number of carbonyl (C=O) groups excluding carboxylic acids is 1. The van der Waals surface area contributed by atoms with Gasteiger partial charge < -0.3 is 19.2 Å². The standard InChI is InChI=1S/C20H26N2O4/c1-24-18-10-16(11-19(12-18)25-2)20(23)21-13-15-5-7-22(8-6-15)14-17-4-3-9-26-17/h3-4,9-12,15H,5-8,13-14H2,1-2H3,(H,21,23). The zero-order valence-electron chi connectivity index (χ0n) is 15.4. The number of nitrogens with zero attached hydrogens (tertiary/aromatic N) is 1. The number of likely N-dealkylation sites (tertiary alicyclic amines) is 1. The average molecular weight is 358 g/mol.